The Bertz CT molecular complexity index is 935. The Kier molecular flexibility index (Phi) is 9.24. The number of rotatable bonds is 9. The Labute approximate surface area is 195 Å². The highest BCUT2D eigenvalue weighted by Crippen LogP contribution is 2.29. The van der Waals surface area contributed by atoms with E-state index in [4.69, 9.17) is 9.47 Å². The molecule has 0 saturated heterocycles. The summed E-state index contributed by atoms with van der Waals surface area (Å²) in [5.41, 5.74) is 0.935. The highest BCUT2D eigenvalue weighted by Gasteiger charge is 2.33. The summed E-state index contributed by atoms with van der Waals surface area (Å²) in [7, 11) is 0. The van der Waals surface area contributed by atoms with Gasteiger partial charge in [-0.15, -0.1) is 0 Å². The number of esters is 2. The van der Waals surface area contributed by atoms with Crippen molar-refractivity contribution in [3.05, 3.63) is 83.9 Å². The molecule has 174 valence electrons. The molecule has 0 aromatic heterocycles. The number of benzene rings is 2. The van der Waals surface area contributed by atoms with Crippen molar-refractivity contribution in [3.8, 4) is 0 Å². The third-order valence-electron chi connectivity index (χ3n) is 5.81. The number of hydrogen-bond acceptors (Lipinski definition) is 5. The standard InChI is InChI=1S/C27H31NO5/c1-2-32-24(29)19-18-23(33-27(31)22-16-10-5-11-17-22)25(20-12-6-3-7-13-20)28-26(30)21-14-8-4-9-15-21/h4-5,8-11,14-20,23,25H,2-3,6-7,12-13H2,1H3,(H,28,30)/b19-18+/t23-,25-/m1/s1. The maximum absolute atomic E-state index is 13.0. The second kappa shape index (κ2) is 12.6. The minimum Gasteiger partial charge on any atom is -0.463 e. The molecule has 33 heavy (non-hydrogen) atoms. The zero-order valence-electron chi connectivity index (χ0n) is 18.9. The van der Waals surface area contributed by atoms with Gasteiger partial charge in [-0.2, -0.15) is 0 Å². The molecular weight excluding hydrogens is 418 g/mol. The molecule has 0 aliphatic heterocycles. The first-order chi connectivity index (χ1) is 16.1. The Morgan fingerprint density at radius 1 is 0.939 bits per heavy atom. The molecular formula is C27H31NO5. The predicted octanol–water partition coefficient (Wildman–Crippen LogP) is 4.71. The number of hydrogen-bond donors (Lipinski definition) is 1. The van der Waals surface area contributed by atoms with Gasteiger partial charge in [0.1, 0.15) is 6.10 Å². The summed E-state index contributed by atoms with van der Waals surface area (Å²) in [5.74, 6) is -1.15. The Balaban J connectivity index is 1.89. The van der Waals surface area contributed by atoms with Crippen molar-refractivity contribution in [2.75, 3.05) is 6.61 Å². The molecule has 1 fully saturated rings. The summed E-state index contributed by atoms with van der Waals surface area (Å²) in [6.07, 6.45) is 7.03. The fourth-order valence-corrected chi connectivity index (χ4v) is 4.15. The highest BCUT2D eigenvalue weighted by atomic mass is 16.5. The van der Waals surface area contributed by atoms with Crippen LogP contribution in [0.15, 0.2) is 72.8 Å². The van der Waals surface area contributed by atoms with Crippen LogP contribution in [0, 0.1) is 5.92 Å². The maximum Gasteiger partial charge on any atom is 0.338 e. The zero-order chi connectivity index (χ0) is 23.5. The minimum atomic E-state index is -0.821. The second-order valence-electron chi connectivity index (χ2n) is 8.11. The molecule has 1 saturated carbocycles. The van der Waals surface area contributed by atoms with Crippen LogP contribution in [-0.4, -0.2) is 36.6 Å². The van der Waals surface area contributed by atoms with Crippen molar-refractivity contribution in [3.63, 3.8) is 0 Å². The number of carbonyl (C=O) groups is 3. The Morgan fingerprint density at radius 2 is 1.55 bits per heavy atom. The minimum absolute atomic E-state index is 0.117. The molecule has 1 aliphatic rings. The van der Waals surface area contributed by atoms with Gasteiger partial charge >= 0.3 is 11.9 Å². The molecule has 2 atom stereocenters. The molecule has 3 rings (SSSR count). The number of nitrogens with one attached hydrogen (secondary N) is 1. The first-order valence-corrected chi connectivity index (χ1v) is 11.6. The van der Waals surface area contributed by atoms with Gasteiger partial charge in [0.25, 0.3) is 5.91 Å². The van der Waals surface area contributed by atoms with E-state index in [0.717, 1.165) is 32.1 Å². The summed E-state index contributed by atoms with van der Waals surface area (Å²) in [6.45, 7) is 1.97. The number of amides is 1. The smallest absolute Gasteiger partial charge is 0.338 e. The lowest BCUT2D eigenvalue weighted by atomic mass is 9.81. The van der Waals surface area contributed by atoms with Crippen LogP contribution >= 0.6 is 0 Å². The second-order valence-corrected chi connectivity index (χ2v) is 8.11. The SMILES string of the molecule is CCOC(=O)/C=C/[C@@H](OC(=O)c1ccccc1)[C@H](NC(=O)c1ccccc1)C1CCCCC1. The maximum atomic E-state index is 13.0. The topological polar surface area (TPSA) is 81.7 Å². The molecule has 0 radical (unpaired) electrons. The van der Waals surface area contributed by atoms with Crippen LogP contribution in [0.25, 0.3) is 0 Å². The first-order valence-electron chi connectivity index (χ1n) is 11.6. The van der Waals surface area contributed by atoms with Crippen molar-refractivity contribution in [2.24, 2.45) is 5.92 Å². The summed E-state index contributed by atoms with van der Waals surface area (Å²) in [6, 6.07) is 17.2. The van der Waals surface area contributed by atoms with E-state index in [1.807, 2.05) is 12.1 Å². The monoisotopic (exact) mass is 449 g/mol. The molecule has 1 amide bonds. The molecule has 0 bridgehead atoms. The predicted molar refractivity (Wildman–Crippen MR) is 126 cm³/mol. The summed E-state index contributed by atoms with van der Waals surface area (Å²) < 4.78 is 10.9. The lowest BCUT2D eigenvalue weighted by molar-refractivity contribution is -0.137. The third kappa shape index (κ3) is 7.31. The van der Waals surface area contributed by atoms with Gasteiger partial charge in [0.2, 0.25) is 0 Å². The molecule has 6 heteroatoms. The van der Waals surface area contributed by atoms with E-state index < -0.39 is 24.1 Å². The van der Waals surface area contributed by atoms with Crippen LogP contribution in [-0.2, 0) is 14.3 Å². The van der Waals surface area contributed by atoms with Crippen molar-refractivity contribution in [1.82, 2.24) is 5.32 Å². The molecule has 6 nitrogen and oxygen atoms in total. The molecule has 0 heterocycles. The fourth-order valence-electron chi connectivity index (χ4n) is 4.15. The first kappa shape index (κ1) is 24.2. The Hall–Kier alpha value is -3.41. The van der Waals surface area contributed by atoms with Gasteiger partial charge in [-0.05, 0) is 56.0 Å². The lowest BCUT2D eigenvalue weighted by Gasteiger charge is -2.35. The van der Waals surface area contributed by atoms with E-state index in [0.29, 0.717) is 11.1 Å². The number of ether oxygens (including phenoxy) is 2. The van der Waals surface area contributed by atoms with Gasteiger partial charge < -0.3 is 14.8 Å². The summed E-state index contributed by atoms with van der Waals surface area (Å²) in [4.78, 5) is 37.9. The number of carbonyl (C=O) groups excluding carboxylic acids is 3. The van der Waals surface area contributed by atoms with Crippen LogP contribution in [0.1, 0.15) is 59.7 Å². The van der Waals surface area contributed by atoms with Gasteiger partial charge in [0, 0.05) is 11.6 Å². The normalized spacial score (nSPS) is 16.0. The van der Waals surface area contributed by atoms with Crippen molar-refractivity contribution in [1.29, 1.82) is 0 Å². The Morgan fingerprint density at radius 3 is 2.15 bits per heavy atom. The van der Waals surface area contributed by atoms with E-state index in [9.17, 15) is 14.4 Å². The summed E-state index contributed by atoms with van der Waals surface area (Å²) in [5, 5.41) is 3.10. The van der Waals surface area contributed by atoms with Gasteiger partial charge in [0.05, 0.1) is 18.2 Å². The van der Waals surface area contributed by atoms with Gasteiger partial charge in [-0.3, -0.25) is 4.79 Å². The lowest BCUT2D eigenvalue weighted by Crippen LogP contribution is -2.49. The zero-order valence-corrected chi connectivity index (χ0v) is 18.9. The largest absolute Gasteiger partial charge is 0.463 e. The molecule has 1 N–H and O–H groups in total. The van der Waals surface area contributed by atoms with Gasteiger partial charge in [0.15, 0.2) is 0 Å². The van der Waals surface area contributed by atoms with Crippen molar-refractivity contribution < 1.29 is 23.9 Å². The van der Waals surface area contributed by atoms with E-state index in [2.05, 4.69) is 5.32 Å². The van der Waals surface area contributed by atoms with Crippen molar-refractivity contribution in [2.45, 2.75) is 51.2 Å². The van der Waals surface area contributed by atoms with Crippen molar-refractivity contribution >= 4 is 17.8 Å². The molecule has 0 unspecified atom stereocenters. The fraction of sp³-hybridized carbons (Fsp3) is 0.370. The summed E-state index contributed by atoms with van der Waals surface area (Å²) >= 11 is 0. The average Bonchev–Trinajstić information content (AvgIpc) is 2.86. The third-order valence-corrected chi connectivity index (χ3v) is 5.81. The van der Waals surface area contributed by atoms with E-state index in [-0.39, 0.29) is 18.4 Å². The van der Waals surface area contributed by atoms with Crippen LogP contribution in [0.2, 0.25) is 0 Å². The van der Waals surface area contributed by atoms with Crippen LogP contribution in [0.5, 0.6) is 0 Å². The molecule has 2 aromatic rings. The van der Waals surface area contributed by atoms with Crippen LogP contribution in [0.4, 0.5) is 0 Å². The molecule has 2 aromatic carbocycles. The van der Waals surface area contributed by atoms with E-state index >= 15 is 0 Å². The molecule has 0 spiro atoms. The van der Waals surface area contributed by atoms with Gasteiger partial charge in [-0.1, -0.05) is 55.7 Å². The molecule has 1 aliphatic carbocycles. The van der Waals surface area contributed by atoms with Crippen LogP contribution < -0.4 is 5.32 Å². The van der Waals surface area contributed by atoms with E-state index in [1.165, 1.54) is 12.2 Å². The average molecular weight is 450 g/mol. The highest BCUT2D eigenvalue weighted by molar-refractivity contribution is 5.94. The van der Waals surface area contributed by atoms with E-state index in [1.54, 1.807) is 55.5 Å². The quantitative estimate of drug-likeness (QED) is 0.443. The van der Waals surface area contributed by atoms with Gasteiger partial charge in [-0.25, -0.2) is 9.59 Å². The van der Waals surface area contributed by atoms with Crippen LogP contribution in [0.3, 0.4) is 0 Å².